The third-order valence-corrected chi connectivity index (χ3v) is 5.22. The van der Waals surface area contributed by atoms with E-state index in [4.69, 9.17) is 4.74 Å². The summed E-state index contributed by atoms with van der Waals surface area (Å²) in [5.74, 6) is 0.958. The molecular formula is C26H32N2O. The molecule has 3 aromatic rings. The zero-order valence-electron chi connectivity index (χ0n) is 18.2. The molecular weight excluding hydrogens is 356 g/mol. The highest BCUT2D eigenvalue weighted by atomic mass is 16.5. The van der Waals surface area contributed by atoms with Crippen LogP contribution in [0.25, 0.3) is 0 Å². The van der Waals surface area contributed by atoms with E-state index < -0.39 is 0 Å². The second-order valence-electron chi connectivity index (χ2n) is 7.42. The first-order valence-electron chi connectivity index (χ1n) is 10.4. The van der Waals surface area contributed by atoms with Crippen molar-refractivity contribution in [2.24, 2.45) is 0 Å². The summed E-state index contributed by atoms with van der Waals surface area (Å²) < 4.78 is 5.79. The monoisotopic (exact) mass is 388 g/mol. The number of ether oxygens (including phenoxy) is 1. The lowest BCUT2D eigenvalue weighted by atomic mass is 9.81. The Labute approximate surface area is 175 Å². The highest BCUT2D eigenvalue weighted by Gasteiger charge is 2.25. The molecule has 2 N–H and O–H groups in total. The van der Waals surface area contributed by atoms with Gasteiger partial charge in [0.2, 0.25) is 0 Å². The van der Waals surface area contributed by atoms with E-state index >= 15 is 0 Å². The van der Waals surface area contributed by atoms with Crippen molar-refractivity contribution in [1.29, 1.82) is 0 Å². The molecule has 0 saturated heterocycles. The van der Waals surface area contributed by atoms with Crippen LogP contribution in [0.4, 0.5) is 11.4 Å². The Kier molecular flexibility index (Phi) is 6.82. The number of methoxy groups -OCH3 is 1. The van der Waals surface area contributed by atoms with E-state index in [0.29, 0.717) is 0 Å². The molecule has 0 saturated carbocycles. The van der Waals surface area contributed by atoms with Gasteiger partial charge in [0.05, 0.1) is 7.11 Å². The van der Waals surface area contributed by atoms with Gasteiger partial charge >= 0.3 is 0 Å². The fraction of sp³-hybridized carbons (Fsp3) is 0.308. The Morgan fingerprint density at radius 2 is 1.24 bits per heavy atom. The number of benzene rings is 3. The molecule has 0 atom stereocenters. The predicted molar refractivity (Wildman–Crippen MR) is 125 cm³/mol. The summed E-state index contributed by atoms with van der Waals surface area (Å²) >= 11 is 0. The van der Waals surface area contributed by atoms with Crippen molar-refractivity contribution in [3.63, 3.8) is 0 Å². The van der Waals surface area contributed by atoms with Crippen molar-refractivity contribution in [3.8, 4) is 5.75 Å². The first-order valence-corrected chi connectivity index (χ1v) is 10.4. The molecule has 0 amide bonds. The summed E-state index contributed by atoms with van der Waals surface area (Å²) in [6, 6.07) is 21.7. The van der Waals surface area contributed by atoms with Crippen LogP contribution < -0.4 is 15.4 Å². The Bertz CT molecular complexity index is 909. The number of rotatable bonds is 8. The molecule has 0 fully saturated rings. The predicted octanol–water partition coefficient (Wildman–Crippen LogP) is 6.36. The second-order valence-corrected chi connectivity index (χ2v) is 7.42. The third-order valence-electron chi connectivity index (χ3n) is 5.22. The Hall–Kier alpha value is -2.94. The van der Waals surface area contributed by atoms with Crippen LogP contribution in [-0.4, -0.2) is 20.2 Å². The van der Waals surface area contributed by atoms with Gasteiger partial charge in [0.15, 0.2) is 0 Å². The molecule has 152 valence electrons. The van der Waals surface area contributed by atoms with E-state index in [1.165, 1.54) is 27.8 Å². The molecule has 3 heteroatoms. The van der Waals surface area contributed by atoms with Gasteiger partial charge in [0.25, 0.3) is 0 Å². The first kappa shape index (κ1) is 20.8. The SMILES string of the molecule is CCNc1ccc(C)cc1C(c1cc(C)ccc1NCC)c1ccccc1OC. The van der Waals surface area contributed by atoms with E-state index in [2.05, 4.69) is 86.9 Å². The van der Waals surface area contributed by atoms with Gasteiger partial charge in [-0.3, -0.25) is 0 Å². The minimum absolute atomic E-state index is 0.0500. The van der Waals surface area contributed by atoms with Crippen LogP contribution in [0.3, 0.4) is 0 Å². The fourth-order valence-corrected chi connectivity index (χ4v) is 3.95. The number of para-hydroxylation sites is 1. The van der Waals surface area contributed by atoms with Crippen molar-refractivity contribution in [2.45, 2.75) is 33.6 Å². The van der Waals surface area contributed by atoms with Gasteiger partial charge in [-0.25, -0.2) is 0 Å². The normalized spacial score (nSPS) is 10.8. The van der Waals surface area contributed by atoms with Crippen LogP contribution in [0.15, 0.2) is 60.7 Å². The van der Waals surface area contributed by atoms with Gasteiger partial charge < -0.3 is 15.4 Å². The molecule has 3 aromatic carbocycles. The van der Waals surface area contributed by atoms with Crippen molar-refractivity contribution in [1.82, 2.24) is 0 Å². The van der Waals surface area contributed by atoms with Crippen LogP contribution in [0.5, 0.6) is 5.75 Å². The van der Waals surface area contributed by atoms with Gasteiger partial charge in [-0.15, -0.1) is 0 Å². The lowest BCUT2D eigenvalue weighted by Crippen LogP contribution is -2.12. The molecule has 29 heavy (non-hydrogen) atoms. The Morgan fingerprint density at radius 1 is 0.724 bits per heavy atom. The number of hydrogen-bond donors (Lipinski definition) is 2. The number of aryl methyl sites for hydroxylation is 2. The minimum atomic E-state index is 0.0500. The average molecular weight is 389 g/mol. The fourth-order valence-electron chi connectivity index (χ4n) is 3.95. The zero-order valence-corrected chi connectivity index (χ0v) is 18.2. The molecule has 0 bridgehead atoms. The summed E-state index contributed by atoms with van der Waals surface area (Å²) in [5, 5.41) is 7.13. The topological polar surface area (TPSA) is 33.3 Å². The summed E-state index contributed by atoms with van der Waals surface area (Å²) in [7, 11) is 1.75. The maximum atomic E-state index is 5.79. The molecule has 0 spiro atoms. The van der Waals surface area contributed by atoms with E-state index in [9.17, 15) is 0 Å². The van der Waals surface area contributed by atoms with Crippen molar-refractivity contribution in [3.05, 3.63) is 88.5 Å². The van der Waals surface area contributed by atoms with E-state index in [0.717, 1.165) is 30.2 Å². The third kappa shape index (κ3) is 4.56. The molecule has 0 aliphatic carbocycles. The van der Waals surface area contributed by atoms with Gasteiger partial charge in [0, 0.05) is 35.9 Å². The largest absolute Gasteiger partial charge is 0.496 e. The molecule has 0 heterocycles. The van der Waals surface area contributed by atoms with Gasteiger partial charge in [-0.05, 0) is 57.0 Å². The van der Waals surface area contributed by atoms with Gasteiger partial charge in [-0.1, -0.05) is 53.6 Å². The molecule has 3 rings (SSSR count). The van der Waals surface area contributed by atoms with Crippen LogP contribution in [-0.2, 0) is 0 Å². The minimum Gasteiger partial charge on any atom is -0.496 e. The lowest BCUT2D eigenvalue weighted by molar-refractivity contribution is 0.409. The summed E-state index contributed by atoms with van der Waals surface area (Å²) in [5.41, 5.74) is 8.53. The van der Waals surface area contributed by atoms with Crippen molar-refractivity contribution < 1.29 is 4.74 Å². The highest BCUT2D eigenvalue weighted by Crippen LogP contribution is 2.43. The van der Waals surface area contributed by atoms with Crippen LogP contribution >= 0.6 is 0 Å². The molecule has 0 aliphatic rings. The summed E-state index contributed by atoms with van der Waals surface area (Å²) in [6.45, 7) is 10.3. The maximum absolute atomic E-state index is 5.79. The quantitative estimate of drug-likeness (QED) is 0.441. The maximum Gasteiger partial charge on any atom is 0.123 e. The van der Waals surface area contributed by atoms with E-state index in [1.807, 2.05) is 12.1 Å². The van der Waals surface area contributed by atoms with Gasteiger partial charge in [0.1, 0.15) is 5.75 Å². The van der Waals surface area contributed by atoms with E-state index in [-0.39, 0.29) is 5.92 Å². The van der Waals surface area contributed by atoms with Crippen molar-refractivity contribution >= 4 is 11.4 Å². The van der Waals surface area contributed by atoms with Crippen LogP contribution in [0.2, 0.25) is 0 Å². The number of anilines is 2. The molecule has 0 radical (unpaired) electrons. The number of nitrogens with one attached hydrogen (secondary N) is 2. The van der Waals surface area contributed by atoms with Gasteiger partial charge in [-0.2, -0.15) is 0 Å². The lowest BCUT2D eigenvalue weighted by Gasteiger charge is -2.27. The van der Waals surface area contributed by atoms with Crippen LogP contribution in [0.1, 0.15) is 47.6 Å². The summed E-state index contributed by atoms with van der Waals surface area (Å²) in [6.07, 6.45) is 0. The number of hydrogen-bond acceptors (Lipinski definition) is 3. The summed E-state index contributed by atoms with van der Waals surface area (Å²) in [4.78, 5) is 0. The molecule has 0 aromatic heterocycles. The highest BCUT2D eigenvalue weighted by molar-refractivity contribution is 5.67. The average Bonchev–Trinajstić information content (AvgIpc) is 2.72. The van der Waals surface area contributed by atoms with Crippen molar-refractivity contribution in [2.75, 3.05) is 30.8 Å². The smallest absolute Gasteiger partial charge is 0.123 e. The first-order chi connectivity index (χ1) is 14.1. The van der Waals surface area contributed by atoms with E-state index in [1.54, 1.807) is 7.11 Å². The Morgan fingerprint density at radius 3 is 1.72 bits per heavy atom. The zero-order chi connectivity index (χ0) is 20.8. The second kappa shape index (κ2) is 9.51. The molecule has 0 aliphatic heterocycles. The Balaban J connectivity index is 2.33. The molecule has 3 nitrogen and oxygen atoms in total. The standard InChI is InChI=1S/C26H32N2O/c1-6-27-23-14-12-18(3)16-21(23)26(20-10-8-9-11-25(20)29-5)22-17-19(4)13-15-24(22)28-7-2/h8-17,26-28H,6-7H2,1-5H3. The van der Waals surface area contributed by atoms with Crippen LogP contribution in [0, 0.1) is 13.8 Å². The molecule has 0 unspecified atom stereocenters.